The molecule has 1 fully saturated rings. The van der Waals surface area contributed by atoms with Gasteiger partial charge < -0.3 is 25.2 Å². The van der Waals surface area contributed by atoms with Crippen LogP contribution in [0.5, 0.6) is 5.88 Å². The van der Waals surface area contributed by atoms with E-state index in [0.29, 0.717) is 12.4 Å². The molecule has 2 aromatic heterocycles. The Kier molecular flexibility index (Phi) is 4.66. The molecule has 0 radical (unpaired) electrons. The lowest BCUT2D eigenvalue weighted by Crippen LogP contribution is -2.44. The van der Waals surface area contributed by atoms with Gasteiger partial charge in [0.25, 0.3) is 0 Å². The molecule has 142 valence electrons. The Morgan fingerprint density at radius 1 is 1.15 bits per heavy atom. The molecule has 4 rings (SSSR count). The van der Waals surface area contributed by atoms with Crippen LogP contribution >= 0.6 is 0 Å². The van der Waals surface area contributed by atoms with Gasteiger partial charge in [-0.25, -0.2) is 0 Å². The summed E-state index contributed by atoms with van der Waals surface area (Å²) < 4.78 is 1.99. The molecule has 6 heteroatoms. The molecule has 1 aromatic carbocycles. The number of pyridine rings is 1. The largest absolute Gasteiger partial charge is 0.494 e. The van der Waals surface area contributed by atoms with E-state index in [9.17, 15) is 5.11 Å². The average Bonchev–Trinajstić information content (AvgIpc) is 2.94. The molecule has 0 unspecified atom stereocenters. The Bertz CT molecular complexity index is 957. The van der Waals surface area contributed by atoms with Crippen molar-refractivity contribution in [2.45, 2.75) is 19.9 Å². The lowest BCUT2D eigenvalue weighted by molar-refractivity contribution is 0.313. The Morgan fingerprint density at radius 3 is 2.63 bits per heavy atom. The van der Waals surface area contributed by atoms with Crippen molar-refractivity contribution >= 4 is 22.4 Å². The summed E-state index contributed by atoms with van der Waals surface area (Å²) in [5.74, 6) is 0.309. The molecule has 0 aliphatic carbocycles. The zero-order chi connectivity index (χ0) is 19.0. The third-order valence-electron chi connectivity index (χ3n) is 5.47. The van der Waals surface area contributed by atoms with E-state index in [0.717, 1.165) is 66.1 Å². The summed E-state index contributed by atoms with van der Waals surface area (Å²) in [6.45, 7) is 6.64. The number of rotatable bonds is 4. The number of benzene rings is 1. The van der Waals surface area contributed by atoms with E-state index in [1.54, 1.807) is 0 Å². The van der Waals surface area contributed by atoms with E-state index < -0.39 is 0 Å². The first-order chi connectivity index (χ1) is 13.1. The van der Waals surface area contributed by atoms with Gasteiger partial charge in [-0.2, -0.15) is 0 Å². The van der Waals surface area contributed by atoms with E-state index in [2.05, 4.69) is 34.8 Å². The van der Waals surface area contributed by atoms with Gasteiger partial charge in [-0.3, -0.25) is 4.98 Å². The van der Waals surface area contributed by atoms with Crippen molar-refractivity contribution in [3.05, 3.63) is 47.7 Å². The molecular weight excluding hydrogens is 338 g/mol. The maximum absolute atomic E-state index is 11.0. The van der Waals surface area contributed by atoms with Crippen LogP contribution in [0.4, 0.5) is 11.4 Å². The molecule has 1 aliphatic heterocycles. The van der Waals surface area contributed by atoms with E-state index in [4.69, 9.17) is 5.73 Å². The molecule has 3 aromatic rings. The average molecular weight is 365 g/mol. The molecule has 27 heavy (non-hydrogen) atoms. The molecule has 0 amide bonds. The lowest BCUT2D eigenvalue weighted by atomic mass is 10.2. The first-order valence-electron chi connectivity index (χ1n) is 9.55. The maximum atomic E-state index is 11.0. The standard InChI is InChI=1S/C21H27N5O/c1-3-17-19-20(18(7-8-23-19)25-11-9-24(2)10-12-25)26(21(17)27)14-15-5-4-6-16(22)13-15/h4-8,13,27H,3,9-12,14,22H2,1-2H3. The minimum Gasteiger partial charge on any atom is -0.494 e. The van der Waals surface area contributed by atoms with E-state index in [-0.39, 0.29) is 0 Å². The van der Waals surface area contributed by atoms with Crippen LogP contribution in [-0.4, -0.2) is 52.8 Å². The topological polar surface area (TPSA) is 70.6 Å². The molecule has 1 aliphatic rings. The number of nitrogens with zero attached hydrogens (tertiary/aromatic N) is 4. The minimum atomic E-state index is 0.309. The van der Waals surface area contributed by atoms with Gasteiger partial charge in [0.2, 0.25) is 0 Å². The van der Waals surface area contributed by atoms with Crippen LogP contribution in [0.15, 0.2) is 36.5 Å². The van der Waals surface area contributed by atoms with Crippen molar-refractivity contribution in [2.24, 2.45) is 0 Å². The summed E-state index contributed by atoms with van der Waals surface area (Å²) in [4.78, 5) is 9.36. The van der Waals surface area contributed by atoms with Gasteiger partial charge in [0, 0.05) is 43.6 Å². The number of nitrogen functional groups attached to an aromatic ring is 1. The Hall–Kier alpha value is -2.73. The SMILES string of the molecule is CCc1c(O)n(Cc2cccc(N)c2)c2c(N3CCN(C)CC3)ccnc12. The number of anilines is 2. The Balaban J connectivity index is 1.85. The highest BCUT2D eigenvalue weighted by Crippen LogP contribution is 2.37. The van der Waals surface area contributed by atoms with Crippen molar-refractivity contribution in [2.75, 3.05) is 43.9 Å². The maximum Gasteiger partial charge on any atom is 0.197 e. The van der Waals surface area contributed by atoms with Crippen LogP contribution in [0.3, 0.4) is 0 Å². The van der Waals surface area contributed by atoms with Crippen LogP contribution in [0.1, 0.15) is 18.1 Å². The van der Waals surface area contributed by atoms with Gasteiger partial charge in [0.1, 0.15) is 0 Å². The van der Waals surface area contributed by atoms with E-state index >= 15 is 0 Å². The zero-order valence-corrected chi connectivity index (χ0v) is 16.0. The molecule has 6 nitrogen and oxygen atoms in total. The summed E-state index contributed by atoms with van der Waals surface area (Å²) in [6, 6.07) is 9.91. The third-order valence-corrected chi connectivity index (χ3v) is 5.47. The van der Waals surface area contributed by atoms with Gasteiger partial charge >= 0.3 is 0 Å². The Labute approximate surface area is 159 Å². The predicted octanol–water partition coefficient (Wildman–Crippen LogP) is 2.69. The van der Waals surface area contributed by atoms with Gasteiger partial charge in [0.15, 0.2) is 5.88 Å². The van der Waals surface area contributed by atoms with E-state index in [1.807, 2.05) is 35.0 Å². The number of hydrogen-bond acceptors (Lipinski definition) is 5. The molecule has 0 saturated carbocycles. The highest BCUT2D eigenvalue weighted by atomic mass is 16.3. The molecular formula is C21H27N5O. The van der Waals surface area contributed by atoms with Crippen LogP contribution in [-0.2, 0) is 13.0 Å². The summed E-state index contributed by atoms with van der Waals surface area (Å²) in [6.07, 6.45) is 2.60. The second kappa shape index (κ2) is 7.12. The monoisotopic (exact) mass is 365 g/mol. The highest BCUT2D eigenvalue weighted by molar-refractivity contribution is 5.93. The fourth-order valence-electron chi connectivity index (χ4n) is 3.96. The van der Waals surface area contributed by atoms with Gasteiger partial charge in [-0.05, 0) is 37.2 Å². The van der Waals surface area contributed by atoms with Crippen molar-refractivity contribution < 1.29 is 5.11 Å². The molecule has 3 heterocycles. The summed E-state index contributed by atoms with van der Waals surface area (Å²) in [7, 11) is 2.16. The van der Waals surface area contributed by atoms with Crippen LogP contribution in [0.25, 0.3) is 11.0 Å². The molecule has 0 atom stereocenters. The lowest BCUT2D eigenvalue weighted by Gasteiger charge is -2.34. The molecule has 1 saturated heterocycles. The second-order valence-corrected chi connectivity index (χ2v) is 7.30. The minimum absolute atomic E-state index is 0.309. The molecule has 0 spiro atoms. The summed E-state index contributed by atoms with van der Waals surface area (Å²) in [5, 5.41) is 11.0. The number of nitrogens with two attached hydrogens (primary N) is 1. The second-order valence-electron chi connectivity index (χ2n) is 7.30. The van der Waals surface area contributed by atoms with Gasteiger partial charge in [-0.1, -0.05) is 19.1 Å². The van der Waals surface area contributed by atoms with Crippen molar-refractivity contribution in [3.63, 3.8) is 0 Å². The quantitative estimate of drug-likeness (QED) is 0.696. The van der Waals surface area contributed by atoms with Crippen LogP contribution < -0.4 is 10.6 Å². The molecule has 3 N–H and O–H groups in total. The number of hydrogen-bond donors (Lipinski definition) is 2. The van der Waals surface area contributed by atoms with Crippen molar-refractivity contribution in [1.29, 1.82) is 0 Å². The van der Waals surface area contributed by atoms with Crippen LogP contribution in [0.2, 0.25) is 0 Å². The van der Waals surface area contributed by atoms with Gasteiger partial charge in [0.05, 0.1) is 23.3 Å². The first-order valence-corrected chi connectivity index (χ1v) is 9.55. The fraction of sp³-hybridized carbons (Fsp3) is 0.381. The normalized spacial score (nSPS) is 15.6. The van der Waals surface area contributed by atoms with Crippen molar-refractivity contribution in [1.82, 2.24) is 14.5 Å². The summed E-state index contributed by atoms with van der Waals surface area (Å²) in [5.41, 5.74) is 11.7. The number of aromatic hydroxyl groups is 1. The van der Waals surface area contributed by atoms with E-state index in [1.165, 1.54) is 0 Å². The smallest absolute Gasteiger partial charge is 0.197 e. The number of piperazine rings is 1. The third kappa shape index (κ3) is 3.21. The van der Waals surface area contributed by atoms with Crippen LogP contribution in [0, 0.1) is 0 Å². The number of aromatic nitrogens is 2. The zero-order valence-electron chi connectivity index (χ0n) is 16.0. The number of likely N-dealkylation sites (N-methyl/N-ethyl adjacent to an activating group) is 1. The number of fused-ring (bicyclic) bond motifs is 1. The summed E-state index contributed by atoms with van der Waals surface area (Å²) >= 11 is 0. The number of aryl methyl sites for hydroxylation is 1. The first kappa shape index (κ1) is 17.7. The highest BCUT2D eigenvalue weighted by Gasteiger charge is 2.23. The van der Waals surface area contributed by atoms with Crippen molar-refractivity contribution in [3.8, 4) is 5.88 Å². The predicted molar refractivity (Wildman–Crippen MR) is 110 cm³/mol. The Morgan fingerprint density at radius 2 is 1.93 bits per heavy atom. The molecule has 0 bridgehead atoms. The van der Waals surface area contributed by atoms with Gasteiger partial charge in [-0.15, -0.1) is 0 Å². The fourth-order valence-corrected chi connectivity index (χ4v) is 3.96.